The zero-order chi connectivity index (χ0) is 34.4. The number of aryl methyl sites for hydroxylation is 1. The molecular weight excluding hydrogens is 604 g/mol. The van der Waals surface area contributed by atoms with E-state index in [1.165, 1.54) is 12.5 Å². The van der Waals surface area contributed by atoms with Gasteiger partial charge in [-0.15, -0.1) is 0 Å². The van der Waals surface area contributed by atoms with Crippen LogP contribution in [0.2, 0.25) is 0 Å². The molecular formula is C41H44O7. The topological polar surface area (TPSA) is 103 Å². The third-order valence-corrected chi connectivity index (χ3v) is 9.24. The number of Topliss-reactive ketones (excluding diaryl/α,β-unsaturated/α-hetero) is 1. The number of aromatic hydroxyl groups is 1. The van der Waals surface area contributed by atoms with Crippen molar-refractivity contribution in [2.24, 2.45) is 5.92 Å². The number of rotatable bonds is 12. The molecule has 1 aromatic heterocycles. The second kappa shape index (κ2) is 15.3. The lowest BCUT2D eigenvalue weighted by Gasteiger charge is -2.32. The lowest BCUT2D eigenvalue weighted by molar-refractivity contribution is -0.117. The fourth-order valence-electron chi connectivity index (χ4n) is 6.82. The standard InChI is InChI=1S/C41H44O7/c1-6-7-9-16-29-20-22-35(36(38(29)43)33-23-26(4)19-21-30(33)25(2)3)47-41(45)48-39-31-17-12-13-18-34(31)46-40(44)37(39)32(24-27(5)42)28-14-10-8-11-15-28/h8,10-15,17-18,20,22-23,30,32-33,43H,2,6-7,9,16,19,21,24H2,1,3-5H3. The van der Waals surface area contributed by atoms with Gasteiger partial charge >= 0.3 is 11.8 Å². The minimum atomic E-state index is -1.08. The molecule has 1 aliphatic carbocycles. The van der Waals surface area contributed by atoms with Crippen LogP contribution in [0.4, 0.5) is 4.79 Å². The van der Waals surface area contributed by atoms with Crippen molar-refractivity contribution in [2.75, 3.05) is 0 Å². The number of phenols is 1. The highest BCUT2D eigenvalue weighted by Gasteiger charge is 2.33. The van der Waals surface area contributed by atoms with Crippen LogP contribution in [0, 0.1) is 5.92 Å². The maximum atomic E-state index is 13.8. The number of benzene rings is 3. The first-order valence-electron chi connectivity index (χ1n) is 16.8. The van der Waals surface area contributed by atoms with E-state index in [4.69, 9.17) is 13.9 Å². The molecule has 3 aromatic carbocycles. The Bertz CT molecular complexity index is 1900. The van der Waals surface area contributed by atoms with E-state index in [0.717, 1.165) is 43.2 Å². The van der Waals surface area contributed by atoms with Crippen molar-refractivity contribution < 1.29 is 28.6 Å². The molecule has 0 radical (unpaired) electrons. The van der Waals surface area contributed by atoms with Gasteiger partial charge in [-0.1, -0.05) is 92.1 Å². The van der Waals surface area contributed by atoms with Crippen LogP contribution in [-0.2, 0) is 11.2 Å². The van der Waals surface area contributed by atoms with Crippen LogP contribution >= 0.6 is 0 Å². The van der Waals surface area contributed by atoms with Crippen molar-refractivity contribution in [2.45, 2.75) is 84.5 Å². The molecule has 0 bridgehead atoms. The minimum Gasteiger partial charge on any atom is -0.507 e. The van der Waals surface area contributed by atoms with Crippen LogP contribution in [0.15, 0.2) is 99.7 Å². The molecule has 4 aromatic rings. The molecule has 0 amide bonds. The number of phenolic OH excluding ortho intramolecular Hbond substituents is 1. The summed E-state index contributed by atoms with van der Waals surface area (Å²) in [4.78, 5) is 39.9. The van der Waals surface area contributed by atoms with Gasteiger partial charge in [-0.3, -0.25) is 4.79 Å². The first-order valence-corrected chi connectivity index (χ1v) is 16.8. The Morgan fingerprint density at radius 1 is 1.00 bits per heavy atom. The Balaban J connectivity index is 1.60. The number of unbranched alkanes of at least 4 members (excludes halogenated alkanes) is 2. The van der Waals surface area contributed by atoms with E-state index in [0.29, 0.717) is 22.9 Å². The molecule has 0 saturated carbocycles. The lowest BCUT2D eigenvalue weighted by Crippen LogP contribution is -2.23. The first kappa shape index (κ1) is 34.4. The summed E-state index contributed by atoms with van der Waals surface area (Å²) in [6.45, 7) is 11.9. The molecule has 1 heterocycles. The Hall–Kier alpha value is -4.91. The number of allylic oxidation sites excluding steroid dienone is 3. The molecule has 0 spiro atoms. The second-order valence-electron chi connectivity index (χ2n) is 12.9. The average molecular weight is 649 g/mol. The predicted molar refractivity (Wildman–Crippen MR) is 188 cm³/mol. The summed E-state index contributed by atoms with van der Waals surface area (Å²) < 4.78 is 17.6. The molecule has 1 aliphatic rings. The van der Waals surface area contributed by atoms with Gasteiger partial charge < -0.3 is 19.0 Å². The SMILES string of the molecule is C=C(C)C1CCC(C)=CC1c1c(OC(=O)Oc2c(C(CC(C)=O)c3ccccc3)c(=O)oc3ccccc23)ccc(CCCCC)c1O. The van der Waals surface area contributed by atoms with Crippen molar-refractivity contribution in [3.8, 4) is 17.2 Å². The molecule has 0 saturated heterocycles. The van der Waals surface area contributed by atoms with Crippen LogP contribution in [0.3, 0.4) is 0 Å². The van der Waals surface area contributed by atoms with Gasteiger partial charge in [0, 0.05) is 23.8 Å². The summed E-state index contributed by atoms with van der Waals surface area (Å²) in [6, 6.07) is 19.4. The van der Waals surface area contributed by atoms with Crippen molar-refractivity contribution in [3.63, 3.8) is 0 Å². The van der Waals surface area contributed by atoms with E-state index >= 15 is 0 Å². The highest BCUT2D eigenvalue weighted by Crippen LogP contribution is 2.48. The number of carbonyl (C=O) groups excluding carboxylic acids is 2. The smallest absolute Gasteiger partial charge is 0.507 e. The summed E-state index contributed by atoms with van der Waals surface area (Å²) >= 11 is 0. The van der Waals surface area contributed by atoms with Crippen LogP contribution < -0.4 is 15.1 Å². The van der Waals surface area contributed by atoms with E-state index in [9.17, 15) is 19.5 Å². The Labute approximate surface area is 281 Å². The van der Waals surface area contributed by atoms with Crippen LogP contribution in [-0.4, -0.2) is 17.0 Å². The largest absolute Gasteiger partial charge is 0.519 e. The van der Waals surface area contributed by atoms with E-state index < -0.39 is 17.7 Å². The molecule has 0 fully saturated rings. The van der Waals surface area contributed by atoms with E-state index in [2.05, 4.69) is 26.5 Å². The van der Waals surface area contributed by atoms with Gasteiger partial charge in [0.25, 0.3) is 0 Å². The molecule has 7 heteroatoms. The highest BCUT2D eigenvalue weighted by atomic mass is 16.7. The number of ether oxygens (including phenoxy) is 2. The monoisotopic (exact) mass is 648 g/mol. The number of carbonyl (C=O) groups is 2. The summed E-state index contributed by atoms with van der Waals surface area (Å²) in [5.41, 5.74) is 3.74. The third-order valence-electron chi connectivity index (χ3n) is 9.24. The molecule has 1 N–H and O–H groups in total. The molecule has 48 heavy (non-hydrogen) atoms. The molecule has 3 atom stereocenters. The fraction of sp³-hybridized carbons (Fsp3) is 0.341. The predicted octanol–water partition coefficient (Wildman–Crippen LogP) is 9.94. The lowest BCUT2D eigenvalue weighted by atomic mass is 9.73. The second-order valence-corrected chi connectivity index (χ2v) is 12.9. The number of fused-ring (bicyclic) bond motifs is 1. The van der Waals surface area contributed by atoms with Gasteiger partial charge in [0.2, 0.25) is 0 Å². The summed E-state index contributed by atoms with van der Waals surface area (Å²) in [7, 11) is 0. The molecule has 5 rings (SSSR count). The molecule has 3 unspecified atom stereocenters. The van der Waals surface area contributed by atoms with Crippen molar-refractivity contribution >= 4 is 22.9 Å². The van der Waals surface area contributed by atoms with Crippen LogP contribution in [0.1, 0.15) is 100 Å². The quantitative estimate of drug-likeness (QED) is 0.0536. The van der Waals surface area contributed by atoms with Crippen LogP contribution in [0.5, 0.6) is 17.2 Å². The van der Waals surface area contributed by atoms with Gasteiger partial charge in [-0.2, -0.15) is 0 Å². The molecule has 7 nitrogen and oxygen atoms in total. The van der Waals surface area contributed by atoms with Crippen molar-refractivity contribution in [1.29, 1.82) is 0 Å². The summed E-state index contributed by atoms with van der Waals surface area (Å²) in [5.74, 6) is -0.850. The van der Waals surface area contributed by atoms with E-state index in [1.54, 1.807) is 36.4 Å². The van der Waals surface area contributed by atoms with Crippen molar-refractivity contribution in [3.05, 3.63) is 123 Å². The van der Waals surface area contributed by atoms with Gasteiger partial charge in [0.15, 0.2) is 5.75 Å². The summed E-state index contributed by atoms with van der Waals surface area (Å²) in [5, 5.41) is 12.1. The zero-order valence-corrected chi connectivity index (χ0v) is 28.2. The van der Waals surface area contributed by atoms with E-state index in [-0.39, 0.29) is 52.4 Å². The maximum absolute atomic E-state index is 13.8. The average Bonchev–Trinajstić information content (AvgIpc) is 3.05. The van der Waals surface area contributed by atoms with Crippen molar-refractivity contribution in [1.82, 2.24) is 0 Å². The summed E-state index contributed by atoms with van der Waals surface area (Å²) in [6.07, 6.45) is 6.51. The first-order chi connectivity index (χ1) is 23.1. The van der Waals surface area contributed by atoms with Gasteiger partial charge in [-0.05, 0) is 81.7 Å². The van der Waals surface area contributed by atoms with Gasteiger partial charge in [0.1, 0.15) is 22.9 Å². The Kier molecular flexibility index (Phi) is 11.0. The Morgan fingerprint density at radius 3 is 2.44 bits per heavy atom. The van der Waals surface area contributed by atoms with E-state index in [1.807, 2.05) is 37.3 Å². The number of ketones is 1. The van der Waals surface area contributed by atoms with Gasteiger partial charge in [-0.25, -0.2) is 9.59 Å². The molecule has 250 valence electrons. The molecule has 0 aliphatic heterocycles. The third kappa shape index (κ3) is 7.62. The minimum absolute atomic E-state index is 0.00824. The Morgan fingerprint density at radius 2 is 1.73 bits per heavy atom. The number of para-hydroxylation sites is 1. The zero-order valence-electron chi connectivity index (χ0n) is 28.2. The highest BCUT2D eigenvalue weighted by molar-refractivity contribution is 5.88. The maximum Gasteiger partial charge on any atom is 0.519 e. The number of hydrogen-bond donors (Lipinski definition) is 1. The van der Waals surface area contributed by atoms with Gasteiger partial charge in [0.05, 0.1) is 10.9 Å². The normalized spacial score (nSPS) is 16.6. The van der Waals surface area contributed by atoms with Crippen LogP contribution in [0.25, 0.3) is 11.0 Å². The number of hydrogen-bond acceptors (Lipinski definition) is 7. The fourth-order valence-corrected chi connectivity index (χ4v) is 6.82.